The number of hydrogen-bond donors (Lipinski definition) is 1. The molecule has 3 aromatic rings. The summed E-state index contributed by atoms with van der Waals surface area (Å²) in [5, 5.41) is 5.18. The van der Waals surface area contributed by atoms with Crippen LogP contribution in [0.5, 0.6) is 5.75 Å². The molecule has 1 N–H and O–H groups in total. The van der Waals surface area contributed by atoms with Crippen molar-refractivity contribution in [3.8, 4) is 17.0 Å². The smallest absolute Gasteiger partial charge is 0.272 e. The molecule has 2 heterocycles. The van der Waals surface area contributed by atoms with Gasteiger partial charge in [-0.15, -0.1) is 0 Å². The van der Waals surface area contributed by atoms with Crippen LogP contribution in [-0.2, 0) is 0 Å². The van der Waals surface area contributed by atoms with Gasteiger partial charge in [-0.1, -0.05) is 30.3 Å². The van der Waals surface area contributed by atoms with E-state index in [1.165, 1.54) is 0 Å². The van der Waals surface area contributed by atoms with Crippen molar-refractivity contribution in [3.63, 3.8) is 0 Å². The van der Waals surface area contributed by atoms with E-state index in [1.807, 2.05) is 54.6 Å². The Bertz CT molecular complexity index is 1070. The van der Waals surface area contributed by atoms with Gasteiger partial charge in [0.15, 0.2) is 0 Å². The van der Waals surface area contributed by atoms with Crippen molar-refractivity contribution in [1.29, 1.82) is 0 Å². The van der Waals surface area contributed by atoms with E-state index < -0.39 is 0 Å². The Hall–Kier alpha value is -3.25. The van der Waals surface area contributed by atoms with Gasteiger partial charge in [-0.3, -0.25) is 4.79 Å². The number of methoxy groups -OCH3 is 1. The molecule has 1 aromatic heterocycles. The second-order valence-corrected chi connectivity index (χ2v) is 7.19. The van der Waals surface area contributed by atoms with Gasteiger partial charge in [0.05, 0.1) is 23.9 Å². The molecule has 1 aliphatic heterocycles. The van der Waals surface area contributed by atoms with Crippen LogP contribution < -0.4 is 10.2 Å². The molecule has 6 nitrogen and oxygen atoms in total. The first-order valence-electron chi connectivity index (χ1n) is 9.73. The van der Waals surface area contributed by atoms with E-state index >= 15 is 0 Å². The molecule has 0 saturated carbocycles. The first-order chi connectivity index (χ1) is 14.2. The first-order valence-corrected chi connectivity index (χ1v) is 9.73. The summed E-state index contributed by atoms with van der Waals surface area (Å²) < 4.78 is 5.48. The molecule has 148 valence electrons. The van der Waals surface area contributed by atoms with Crippen molar-refractivity contribution in [3.05, 3.63) is 60.2 Å². The normalized spacial score (nSPS) is 14.6. The Kier molecular flexibility index (Phi) is 5.53. The van der Waals surface area contributed by atoms with Crippen LogP contribution in [0.3, 0.4) is 0 Å². The Balaban J connectivity index is 1.71. The van der Waals surface area contributed by atoms with E-state index in [0.717, 1.165) is 48.1 Å². The van der Waals surface area contributed by atoms with Crippen LogP contribution in [0.15, 0.2) is 59.7 Å². The van der Waals surface area contributed by atoms with Crippen molar-refractivity contribution in [1.82, 2.24) is 15.3 Å². The molecule has 0 spiro atoms. The lowest BCUT2D eigenvalue weighted by molar-refractivity contribution is 0.0956. The van der Waals surface area contributed by atoms with E-state index in [2.05, 4.69) is 22.5 Å². The lowest BCUT2D eigenvalue weighted by Gasteiger charge is -2.22. The zero-order valence-electron chi connectivity index (χ0n) is 16.7. The number of benzene rings is 2. The summed E-state index contributed by atoms with van der Waals surface area (Å²) in [4.78, 5) is 20.0. The van der Waals surface area contributed by atoms with Gasteiger partial charge in [-0.05, 0) is 31.3 Å². The molecule has 0 unspecified atom stereocenters. The highest BCUT2D eigenvalue weighted by Gasteiger charge is 2.16. The van der Waals surface area contributed by atoms with E-state index in [9.17, 15) is 4.79 Å². The Morgan fingerprint density at radius 3 is 2.62 bits per heavy atom. The first kappa shape index (κ1) is 19.1. The molecule has 0 radical (unpaired) electrons. The zero-order valence-corrected chi connectivity index (χ0v) is 16.7. The number of aromatic nitrogens is 1. The fourth-order valence-electron chi connectivity index (χ4n) is 3.54. The number of ether oxygens (including phenoxy) is 1. The lowest BCUT2D eigenvalue weighted by Crippen LogP contribution is -2.32. The number of carbonyl (C=O) groups is 1. The maximum Gasteiger partial charge on any atom is 0.272 e. The molecule has 6 heteroatoms. The minimum Gasteiger partial charge on any atom is -0.496 e. The molecule has 0 aliphatic carbocycles. The third kappa shape index (κ3) is 4.12. The number of likely N-dealkylation sites (tertiary alicyclic amines) is 1. The number of amides is 1. The number of hydrogen-bond acceptors (Lipinski definition) is 5. The van der Waals surface area contributed by atoms with Gasteiger partial charge in [0, 0.05) is 42.6 Å². The predicted octanol–water partition coefficient (Wildman–Crippen LogP) is 3.72. The van der Waals surface area contributed by atoms with E-state index in [0.29, 0.717) is 17.0 Å². The largest absolute Gasteiger partial charge is 0.496 e. The van der Waals surface area contributed by atoms with Crippen LogP contribution in [0, 0.1) is 0 Å². The molecule has 1 aliphatic rings. The van der Waals surface area contributed by atoms with E-state index in [1.54, 1.807) is 7.11 Å². The topological polar surface area (TPSA) is 66.8 Å². The van der Waals surface area contributed by atoms with E-state index in [-0.39, 0.29) is 5.91 Å². The summed E-state index contributed by atoms with van der Waals surface area (Å²) in [6.45, 7) is 1.93. The molecule has 1 fully saturated rings. The molecule has 1 amide bonds. The highest BCUT2D eigenvalue weighted by molar-refractivity contribution is 6.07. The maximum absolute atomic E-state index is 13.0. The van der Waals surface area contributed by atoms with Gasteiger partial charge >= 0.3 is 0 Å². The second-order valence-electron chi connectivity index (χ2n) is 7.19. The van der Waals surface area contributed by atoms with Crippen molar-refractivity contribution >= 4 is 22.5 Å². The predicted molar refractivity (Wildman–Crippen MR) is 115 cm³/mol. The van der Waals surface area contributed by atoms with Crippen LogP contribution >= 0.6 is 0 Å². The second kappa shape index (κ2) is 8.41. The van der Waals surface area contributed by atoms with Gasteiger partial charge < -0.3 is 9.64 Å². The van der Waals surface area contributed by atoms with Gasteiger partial charge in [0.2, 0.25) is 0 Å². The highest BCUT2D eigenvalue weighted by Crippen LogP contribution is 2.31. The minimum atomic E-state index is -0.230. The molecule has 4 rings (SSSR count). The van der Waals surface area contributed by atoms with Crippen LogP contribution in [0.4, 0.5) is 0 Å². The number of nitrogens with one attached hydrogen (secondary N) is 1. The molecule has 0 bridgehead atoms. The summed E-state index contributed by atoms with van der Waals surface area (Å²) in [5.74, 6) is 0.486. The van der Waals surface area contributed by atoms with Crippen molar-refractivity contribution in [2.75, 3.05) is 27.2 Å². The fourth-order valence-corrected chi connectivity index (χ4v) is 3.54. The van der Waals surface area contributed by atoms with Crippen LogP contribution in [0.25, 0.3) is 22.2 Å². The standard InChI is InChI=1S/C23H24N4O2/c1-27-13-11-16(12-14-27)25-26-23(28)19-15-21(18-8-4-6-10-22(18)29-2)24-20-9-5-3-7-17(19)20/h3-10,15H,11-14H2,1-2H3,(H,26,28). The van der Waals surface area contributed by atoms with Gasteiger partial charge in [0.25, 0.3) is 5.91 Å². The Morgan fingerprint density at radius 2 is 1.83 bits per heavy atom. The van der Waals surface area contributed by atoms with Crippen molar-refractivity contribution < 1.29 is 9.53 Å². The van der Waals surface area contributed by atoms with Crippen molar-refractivity contribution in [2.24, 2.45) is 5.10 Å². The maximum atomic E-state index is 13.0. The molecular weight excluding hydrogens is 364 g/mol. The summed E-state index contributed by atoms with van der Waals surface area (Å²) in [7, 11) is 3.73. The average molecular weight is 388 g/mol. The summed E-state index contributed by atoms with van der Waals surface area (Å²) in [6, 6.07) is 17.1. The molecule has 1 saturated heterocycles. The third-order valence-electron chi connectivity index (χ3n) is 5.22. The summed E-state index contributed by atoms with van der Waals surface area (Å²) in [5.41, 5.74) is 6.63. The number of carbonyl (C=O) groups excluding carboxylic acids is 1. The fraction of sp³-hybridized carbons (Fsp3) is 0.261. The average Bonchev–Trinajstić information content (AvgIpc) is 2.77. The number of hydrazone groups is 1. The van der Waals surface area contributed by atoms with Crippen molar-refractivity contribution in [2.45, 2.75) is 12.8 Å². The molecule has 2 aromatic carbocycles. The van der Waals surface area contributed by atoms with Crippen LogP contribution in [-0.4, -0.2) is 48.7 Å². The van der Waals surface area contributed by atoms with Crippen LogP contribution in [0.1, 0.15) is 23.2 Å². The summed E-state index contributed by atoms with van der Waals surface area (Å²) in [6.07, 6.45) is 1.75. The lowest BCUT2D eigenvalue weighted by atomic mass is 10.0. The number of para-hydroxylation sites is 2. The van der Waals surface area contributed by atoms with Crippen LogP contribution in [0.2, 0.25) is 0 Å². The Labute approximate surface area is 170 Å². The number of rotatable bonds is 4. The summed E-state index contributed by atoms with van der Waals surface area (Å²) >= 11 is 0. The Morgan fingerprint density at radius 1 is 1.10 bits per heavy atom. The minimum absolute atomic E-state index is 0.230. The number of fused-ring (bicyclic) bond motifs is 1. The number of piperidine rings is 1. The SMILES string of the molecule is COc1ccccc1-c1cc(C(=O)NN=C2CCN(C)CC2)c2ccccc2n1. The zero-order chi connectivity index (χ0) is 20.2. The third-order valence-corrected chi connectivity index (χ3v) is 5.22. The quantitative estimate of drug-likeness (QED) is 0.692. The molecular formula is C23H24N4O2. The highest BCUT2D eigenvalue weighted by atomic mass is 16.5. The monoisotopic (exact) mass is 388 g/mol. The van der Waals surface area contributed by atoms with Gasteiger partial charge in [0.1, 0.15) is 5.75 Å². The molecule has 0 atom stereocenters. The number of nitrogens with zero attached hydrogens (tertiary/aromatic N) is 3. The number of pyridine rings is 1. The van der Waals surface area contributed by atoms with E-state index in [4.69, 9.17) is 9.72 Å². The molecule has 29 heavy (non-hydrogen) atoms. The van der Waals surface area contributed by atoms with Gasteiger partial charge in [-0.25, -0.2) is 10.4 Å². The van der Waals surface area contributed by atoms with Gasteiger partial charge in [-0.2, -0.15) is 5.10 Å².